The first-order chi connectivity index (χ1) is 10.4. The maximum absolute atomic E-state index is 11.2. The lowest BCUT2D eigenvalue weighted by Crippen LogP contribution is -2.65. The number of hydrogen-bond acceptors (Lipinski definition) is 2. The summed E-state index contributed by atoms with van der Waals surface area (Å²) < 4.78 is 0. The van der Waals surface area contributed by atoms with Gasteiger partial charge in [0, 0.05) is 12.0 Å². The third kappa shape index (κ3) is 1.69. The van der Waals surface area contributed by atoms with Crippen LogP contribution in [0.4, 0.5) is 0 Å². The van der Waals surface area contributed by atoms with Crippen molar-refractivity contribution in [1.29, 1.82) is 0 Å². The van der Waals surface area contributed by atoms with Crippen LogP contribution in [0, 0.1) is 34.0 Å². The fraction of sp³-hybridized carbons (Fsp3) is 0.900. The normalized spacial score (nSPS) is 57.4. The molecule has 0 amide bonds. The molecule has 2 N–H and O–H groups in total. The molecule has 1 spiro atoms. The summed E-state index contributed by atoms with van der Waals surface area (Å²) in [6.07, 6.45) is 9.06. The van der Waals surface area contributed by atoms with Crippen molar-refractivity contribution in [2.75, 3.05) is 6.61 Å². The number of aliphatic hydroxyl groups is 2. The van der Waals surface area contributed by atoms with Gasteiger partial charge >= 0.3 is 0 Å². The fourth-order valence-corrected chi connectivity index (χ4v) is 7.48. The van der Waals surface area contributed by atoms with Gasteiger partial charge in [0.2, 0.25) is 0 Å². The Kier molecular flexibility index (Phi) is 3.18. The van der Waals surface area contributed by atoms with E-state index in [9.17, 15) is 10.2 Å². The molecular weight excluding hydrogens is 272 g/mol. The summed E-state index contributed by atoms with van der Waals surface area (Å²) >= 11 is 0. The first kappa shape index (κ1) is 15.2. The Hall–Kier alpha value is -0.340. The lowest BCUT2D eigenvalue weighted by molar-refractivity contribution is -0.224. The van der Waals surface area contributed by atoms with Crippen molar-refractivity contribution in [3.8, 4) is 0 Å². The minimum absolute atomic E-state index is 0.00326. The highest BCUT2D eigenvalue weighted by Gasteiger charge is 2.66. The topological polar surface area (TPSA) is 40.5 Å². The minimum atomic E-state index is -0.197. The molecule has 124 valence electrons. The zero-order valence-electron chi connectivity index (χ0n) is 14.3. The maximum atomic E-state index is 11.2. The van der Waals surface area contributed by atoms with Crippen LogP contribution < -0.4 is 0 Å². The standard InChI is InChI=1S/C20H32O2/c1-13-11-20-8-5-14(13)9-16(20)19(3)7-4-6-18(2,12-21)15(19)10-17(20)22/h14-17,21-22H,1,4-12H2,2-3H3/t14-,15+,16-,17+,18-,19+,20+/m0/s1. The van der Waals surface area contributed by atoms with Crippen molar-refractivity contribution in [2.24, 2.45) is 34.0 Å². The monoisotopic (exact) mass is 304 g/mol. The molecule has 5 fully saturated rings. The molecule has 5 aliphatic rings. The summed E-state index contributed by atoms with van der Waals surface area (Å²) in [6, 6.07) is 0. The number of aliphatic hydroxyl groups excluding tert-OH is 2. The van der Waals surface area contributed by atoms with Crippen LogP contribution in [0.5, 0.6) is 0 Å². The molecule has 5 saturated carbocycles. The second-order valence-corrected chi connectivity index (χ2v) is 9.57. The van der Waals surface area contributed by atoms with E-state index in [1.807, 2.05) is 0 Å². The van der Waals surface area contributed by atoms with Crippen molar-refractivity contribution >= 4 is 0 Å². The molecule has 0 aromatic heterocycles. The van der Waals surface area contributed by atoms with Gasteiger partial charge < -0.3 is 10.2 Å². The van der Waals surface area contributed by atoms with Gasteiger partial charge in [0.15, 0.2) is 0 Å². The van der Waals surface area contributed by atoms with Crippen LogP contribution in [-0.4, -0.2) is 22.9 Å². The first-order valence-electron chi connectivity index (χ1n) is 9.32. The van der Waals surface area contributed by atoms with Crippen LogP contribution in [0.1, 0.15) is 65.2 Å². The largest absolute Gasteiger partial charge is 0.396 e. The van der Waals surface area contributed by atoms with Gasteiger partial charge in [-0.15, -0.1) is 0 Å². The Balaban J connectivity index is 1.78. The van der Waals surface area contributed by atoms with Crippen molar-refractivity contribution in [3.05, 3.63) is 12.2 Å². The smallest absolute Gasteiger partial charge is 0.0605 e. The summed E-state index contributed by atoms with van der Waals surface area (Å²) in [5, 5.41) is 21.2. The average molecular weight is 304 g/mol. The van der Waals surface area contributed by atoms with E-state index in [2.05, 4.69) is 20.4 Å². The fourth-order valence-electron chi connectivity index (χ4n) is 7.48. The molecule has 0 saturated heterocycles. The van der Waals surface area contributed by atoms with E-state index in [1.54, 1.807) is 0 Å². The molecule has 0 aromatic rings. The Morgan fingerprint density at radius 1 is 1.14 bits per heavy atom. The van der Waals surface area contributed by atoms with E-state index in [0.29, 0.717) is 23.2 Å². The Morgan fingerprint density at radius 2 is 1.91 bits per heavy atom. The van der Waals surface area contributed by atoms with Gasteiger partial charge in [-0.1, -0.05) is 32.4 Å². The summed E-state index contributed by atoms with van der Waals surface area (Å²) in [4.78, 5) is 0. The van der Waals surface area contributed by atoms with Gasteiger partial charge in [-0.2, -0.15) is 0 Å². The lowest BCUT2D eigenvalue weighted by atomic mass is 9.36. The molecule has 5 rings (SSSR count). The third-order valence-electron chi connectivity index (χ3n) is 8.69. The molecule has 2 bridgehead atoms. The molecule has 0 heterocycles. The molecule has 7 atom stereocenters. The SMILES string of the molecule is C=C1C[C@]23CC[C@H]1C[C@H]2[C@]1(C)CCC[C@@](C)(CO)[C@H]1C[C@H]3O. The molecule has 0 aliphatic heterocycles. The summed E-state index contributed by atoms with van der Waals surface area (Å²) in [7, 11) is 0. The minimum Gasteiger partial charge on any atom is -0.396 e. The lowest BCUT2D eigenvalue weighted by Gasteiger charge is -2.69. The molecule has 0 aromatic carbocycles. The Labute approximate surface area is 135 Å². The second kappa shape index (κ2) is 4.60. The quantitative estimate of drug-likeness (QED) is 0.721. The van der Waals surface area contributed by atoms with Crippen molar-refractivity contribution in [2.45, 2.75) is 71.3 Å². The highest BCUT2D eigenvalue weighted by atomic mass is 16.3. The van der Waals surface area contributed by atoms with Gasteiger partial charge in [-0.05, 0) is 73.5 Å². The molecule has 22 heavy (non-hydrogen) atoms. The van der Waals surface area contributed by atoms with Crippen LogP contribution >= 0.6 is 0 Å². The Morgan fingerprint density at radius 3 is 2.59 bits per heavy atom. The number of fused-ring (bicyclic) bond motifs is 3. The van der Waals surface area contributed by atoms with Crippen LogP contribution in [0.2, 0.25) is 0 Å². The number of hydrogen-bond donors (Lipinski definition) is 2. The predicted molar refractivity (Wildman–Crippen MR) is 88.3 cm³/mol. The van der Waals surface area contributed by atoms with Crippen molar-refractivity contribution < 1.29 is 10.2 Å². The van der Waals surface area contributed by atoms with E-state index >= 15 is 0 Å². The Bertz CT molecular complexity index is 500. The average Bonchev–Trinajstić information content (AvgIpc) is 2.50. The van der Waals surface area contributed by atoms with Crippen LogP contribution in [-0.2, 0) is 0 Å². The van der Waals surface area contributed by atoms with Crippen LogP contribution in [0.3, 0.4) is 0 Å². The van der Waals surface area contributed by atoms with Gasteiger partial charge in [-0.25, -0.2) is 0 Å². The first-order valence-corrected chi connectivity index (χ1v) is 9.32. The van der Waals surface area contributed by atoms with E-state index in [4.69, 9.17) is 0 Å². The summed E-state index contributed by atoms with van der Waals surface area (Å²) in [6.45, 7) is 9.37. The van der Waals surface area contributed by atoms with Crippen LogP contribution in [0.25, 0.3) is 0 Å². The zero-order valence-corrected chi connectivity index (χ0v) is 14.3. The van der Waals surface area contributed by atoms with E-state index in [-0.39, 0.29) is 23.5 Å². The van der Waals surface area contributed by atoms with Crippen molar-refractivity contribution in [1.82, 2.24) is 0 Å². The molecule has 2 heteroatoms. The number of allylic oxidation sites excluding steroid dienone is 1. The van der Waals surface area contributed by atoms with Crippen molar-refractivity contribution in [3.63, 3.8) is 0 Å². The van der Waals surface area contributed by atoms with E-state index in [1.165, 1.54) is 37.7 Å². The molecule has 0 unspecified atom stereocenters. The molecule has 5 aliphatic carbocycles. The molecule has 2 nitrogen and oxygen atoms in total. The predicted octanol–water partition coefficient (Wildman–Crippen LogP) is 3.92. The second-order valence-electron chi connectivity index (χ2n) is 9.57. The van der Waals surface area contributed by atoms with Gasteiger partial charge in [0.25, 0.3) is 0 Å². The maximum Gasteiger partial charge on any atom is 0.0605 e. The summed E-state index contributed by atoms with van der Waals surface area (Å²) in [5.41, 5.74) is 1.81. The molecular formula is C20H32O2. The van der Waals surface area contributed by atoms with Gasteiger partial charge in [0.05, 0.1) is 6.10 Å². The van der Waals surface area contributed by atoms with Gasteiger partial charge in [0.1, 0.15) is 0 Å². The highest BCUT2D eigenvalue weighted by molar-refractivity contribution is 5.23. The van der Waals surface area contributed by atoms with Gasteiger partial charge in [-0.3, -0.25) is 0 Å². The molecule has 0 radical (unpaired) electrons. The van der Waals surface area contributed by atoms with Crippen LogP contribution in [0.15, 0.2) is 12.2 Å². The van der Waals surface area contributed by atoms with E-state index in [0.717, 1.165) is 19.3 Å². The third-order valence-corrected chi connectivity index (χ3v) is 8.69. The zero-order chi connectivity index (χ0) is 15.8. The summed E-state index contributed by atoms with van der Waals surface area (Å²) in [5.74, 6) is 1.79. The highest BCUT2D eigenvalue weighted by Crippen LogP contribution is 2.71. The number of rotatable bonds is 1. The van der Waals surface area contributed by atoms with E-state index < -0.39 is 0 Å².